The Morgan fingerprint density at radius 2 is 0.725 bits per heavy atom. The van der Waals surface area contributed by atoms with Crippen LogP contribution in [0.15, 0.2) is 48.6 Å². The van der Waals surface area contributed by atoms with Gasteiger partial charge in [-0.15, -0.1) is 0 Å². The number of ether oxygens (including phenoxy) is 1. The van der Waals surface area contributed by atoms with Gasteiger partial charge in [0.1, 0.15) is 0 Å². The summed E-state index contributed by atoms with van der Waals surface area (Å²) in [7, 11) is 0. The molecule has 0 rings (SSSR count). The van der Waals surface area contributed by atoms with Gasteiger partial charge in [0.2, 0.25) is 5.91 Å². The average Bonchev–Trinajstić information content (AvgIpc) is 3.35. The Bertz CT molecular complexity index is 1160. The molecule has 0 aromatic heterocycles. The van der Waals surface area contributed by atoms with Crippen LogP contribution in [0.4, 0.5) is 0 Å². The second-order valence-electron chi connectivity index (χ2n) is 20.7. The minimum absolute atomic E-state index is 0.00559. The zero-order valence-corrected chi connectivity index (χ0v) is 46.0. The van der Waals surface area contributed by atoms with Gasteiger partial charge < -0.3 is 20.3 Å². The molecule has 0 aliphatic carbocycles. The predicted molar refractivity (Wildman–Crippen MR) is 301 cm³/mol. The zero-order chi connectivity index (χ0) is 50.0. The molecule has 6 heteroatoms. The van der Waals surface area contributed by atoms with E-state index in [1.54, 1.807) is 6.08 Å². The van der Waals surface area contributed by atoms with Gasteiger partial charge in [0.15, 0.2) is 0 Å². The highest BCUT2D eigenvalue weighted by atomic mass is 16.5. The molecule has 0 fully saturated rings. The number of hydrogen-bond acceptors (Lipinski definition) is 5. The lowest BCUT2D eigenvalue weighted by atomic mass is 10.1. The monoisotopic (exact) mass is 968 g/mol. The van der Waals surface area contributed by atoms with Crippen LogP contribution in [0.1, 0.15) is 316 Å². The van der Waals surface area contributed by atoms with E-state index in [4.69, 9.17) is 4.74 Å². The van der Waals surface area contributed by atoms with Crippen LogP contribution in [0, 0.1) is 0 Å². The van der Waals surface area contributed by atoms with Gasteiger partial charge in [-0.2, -0.15) is 0 Å². The topological polar surface area (TPSA) is 95.9 Å². The van der Waals surface area contributed by atoms with Gasteiger partial charge in [-0.25, -0.2) is 0 Å². The van der Waals surface area contributed by atoms with Gasteiger partial charge >= 0.3 is 5.97 Å². The highest BCUT2D eigenvalue weighted by Gasteiger charge is 2.18. The van der Waals surface area contributed by atoms with Crippen LogP contribution in [0.5, 0.6) is 0 Å². The predicted octanol–water partition coefficient (Wildman–Crippen LogP) is 19.0. The van der Waals surface area contributed by atoms with Crippen molar-refractivity contribution in [1.29, 1.82) is 0 Å². The van der Waals surface area contributed by atoms with E-state index in [-0.39, 0.29) is 18.5 Å². The van der Waals surface area contributed by atoms with E-state index in [1.807, 2.05) is 6.08 Å². The number of unbranched alkanes of at least 4 members (excludes halogenated alkanes) is 39. The third-order valence-electron chi connectivity index (χ3n) is 13.8. The Kier molecular flexibility index (Phi) is 56.5. The van der Waals surface area contributed by atoms with Crippen LogP contribution in [-0.4, -0.2) is 47.4 Å². The third kappa shape index (κ3) is 55.0. The van der Waals surface area contributed by atoms with Crippen molar-refractivity contribution in [3.63, 3.8) is 0 Å². The van der Waals surface area contributed by atoms with E-state index in [1.165, 1.54) is 225 Å². The first-order chi connectivity index (χ1) is 34.0. The summed E-state index contributed by atoms with van der Waals surface area (Å²) in [4.78, 5) is 24.5. The fraction of sp³-hybridized carbons (Fsp3) is 0.841. The summed E-state index contributed by atoms with van der Waals surface area (Å²) in [6, 6.07) is -0.634. The Morgan fingerprint density at radius 1 is 0.406 bits per heavy atom. The molecule has 404 valence electrons. The zero-order valence-electron chi connectivity index (χ0n) is 46.0. The molecule has 0 saturated heterocycles. The fourth-order valence-electron chi connectivity index (χ4n) is 9.13. The first-order valence-corrected chi connectivity index (χ1v) is 30.4. The van der Waals surface area contributed by atoms with Crippen LogP contribution in [0.3, 0.4) is 0 Å². The molecule has 1 amide bonds. The highest BCUT2D eigenvalue weighted by Crippen LogP contribution is 2.16. The number of rotatable bonds is 56. The van der Waals surface area contributed by atoms with Gasteiger partial charge in [-0.1, -0.05) is 262 Å². The number of aliphatic hydroxyl groups excluding tert-OH is 2. The molecule has 0 spiro atoms. The van der Waals surface area contributed by atoms with Crippen LogP contribution in [-0.2, 0) is 14.3 Å². The van der Waals surface area contributed by atoms with Crippen LogP contribution >= 0.6 is 0 Å². The number of esters is 1. The minimum Gasteiger partial charge on any atom is -0.466 e. The normalized spacial score (nSPS) is 12.9. The van der Waals surface area contributed by atoms with Crippen molar-refractivity contribution in [1.82, 2.24) is 5.32 Å². The summed E-state index contributed by atoms with van der Waals surface area (Å²) in [6.07, 6.45) is 74.4. The Hall–Kier alpha value is -2.18. The molecule has 0 saturated carbocycles. The highest BCUT2D eigenvalue weighted by molar-refractivity contribution is 5.76. The minimum atomic E-state index is -0.850. The van der Waals surface area contributed by atoms with Crippen LogP contribution in [0.2, 0.25) is 0 Å². The summed E-state index contributed by atoms with van der Waals surface area (Å²) in [5, 5.41) is 23.0. The van der Waals surface area contributed by atoms with E-state index < -0.39 is 12.1 Å². The first-order valence-electron chi connectivity index (χ1n) is 30.4. The van der Waals surface area contributed by atoms with Gasteiger partial charge in [0, 0.05) is 12.8 Å². The molecule has 0 aliphatic heterocycles. The second-order valence-corrected chi connectivity index (χ2v) is 20.7. The number of amides is 1. The number of aliphatic hydroxyl groups is 2. The van der Waals surface area contributed by atoms with Gasteiger partial charge in [0.25, 0.3) is 0 Å². The number of nitrogens with one attached hydrogen (secondary N) is 1. The first kappa shape index (κ1) is 66.8. The molecular formula is C63H117NO5. The smallest absolute Gasteiger partial charge is 0.305 e. The molecule has 0 heterocycles. The SMILES string of the molecule is CCCCCCCC/C=C\CCCCCCCCCCCC(=O)OCCCCCCCCCCC/C=C\C/C=C\CCCCCCCCCC(=O)NC(CO)C(O)/C=C/CCCCCCCCCC. The van der Waals surface area contributed by atoms with Crippen molar-refractivity contribution in [3.05, 3.63) is 48.6 Å². The van der Waals surface area contributed by atoms with Crippen molar-refractivity contribution in [2.24, 2.45) is 0 Å². The van der Waals surface area contributed by atoms with Gasteiger partial charge in [-0.05, 0) is 89.9 Å². The molecule has 69 heavy (non-hydrogen) atoms. The Balaban J connectivity index is 3.43. The number of carbonyl (C=O) groups excluding carboxylic acids is 2. The fourth-order valence-corrected chi connectivity index (χ4v) is 9.13. The lowest BCUT2D eigenvalue weighted by Crippen LogP contribution is -2.45. The number of hydrogen-bond donors (Lipinski definition) is 3. The van der Waals surface area contributed by atoms with Gasteiger partial charge in [0.05, 0.1) is 25.4 Å². The van der Waals surface area contributed by atoms with Crippen molar-refractivity contribution in [2.75, 3.05) is 13.2 Å². The summed E-state index contributed by atoms with van der Waals surface area (Å²) in [6.45, 7) is 4.87. The molecule has 2 atom stereocenters. The average molecular weight is 969 g/mol. The lowest BCUT2D eigenvalue weighted by molar-refractivity contribution is -0.143. The second kappa shape index (κ2) is 58.4. The van der Waals surface area contributed by atoms with E-state index in [0.29, 0.717) is 19.4 Å². The van der Waals surface area contributed by atoms with E-state index in [2.05, 4.69) is 55.6 Å². The van der Waals surface area contributed by atoms with Crippen LogP contribution < -0.4 is 5.32 Å². The molecule has 2 unspecified atom stereocenters. The molecule has 0 aromatic carbocycles. The molecule has 6 nitrogen and oxygen atoms in total. The van der Waals surface area contributed by atoms with E-state index in [9.17, 15) is 19.8 Å². The Labute approximate surface area is 429 Å². The van der Waals surface area contributed by atoms with E-state index in [0.717, 1.165) is 64.2 Å². The lowest BCUT2D eigenvalue weighted by Gasteiger charge is -2.20. The van der Waals surface area contributed by atoms with Crippen molar-refractivity contribution >= 4 is 11.9 Å². The quantitative estimate of drug-likeness (QED) is 0.0321. The third-order valence-corrected chi connectivity index (χ3v) is 13.8. The molecular weight excluding hydrogens is 851 g/mol. The van der Waals surface area contributed by atoms with Crippen molar-refractivity contribution < 1.29 is 24.5 Å². The summed E-state index contributed by atoms with van der Waals surface area (Å²) in [5.74, 6) is -0.0752. The molecule has 3 N–H and O–H groups in total. The van der Waals surface area contributed by atoms with Crippen molar-refractivity contribution in [2.45, 2.75) is 328 Å². The molecule has 0 aromatic rings. The van der Waals surface area contributed by atoms with E-state index >= 15 is 0 Å². The summed E-state index contributed by atoms with van der Waals surface area (Å²) < 4.78 is 5.49. The molecule has 0 radical (unpaired) electrons. The summed E-state index contributed by atoms with van der Waals surface area (Å²) >= 11 is 0. The molecule has 0 bridgehead atoms. The standard InChI is InChI=1S/C63H117NO5/c1-3-5-7-9-11-13-15-16-17-18-24-28-31-34-37-41-45-49-53-57-63(68)69-58-54-50-46-42-38-35-32-29-26-23-21-19-20-22-25-27-30-33-36-40-44-48-52-56-62(67)64-60(59-65)61(66)55-51-47-43-39-14-12-10-8-6-4-2/h16-17,19,21-22,25,51,55,60-61,65-66H,3-15,18,20,23-24,26-50,52-54,56-59H2,1-2H3,(H,64,67)/b17-16-,21-19-,25-22-,55-51+. The molecule has 0 aliphatic rings. The summed E-state index contributed by atoms with van der Waals surface area (Å²) in [5.41, 5.74) is 0. The maximum Gasteiger partial charge on any atom is 0.305 e. The maximum absolute atomic E-state index is 12.4. The Morgan fingerprint density at radius 3 is 1.12 bits per heavy atom. The number of allylic oxidation sites excluding steroid dienone is 7. The number of carbonyl (C=O) groups is 2. The van der Waals surface area contributed by atoms with Gasteiger partial charge in [-0.3, -0.25) is 9.59 Å². The van der Waals surface area contributed by atoms with Crippen LogP contribution in [0.25, 0.3) is 0 Å². The largest absolute Gasteiger partial charge is 0.466 e. The maximum atomic E-state index is 12.4. The van der Waals surface area contributed by atoms with Crippen molar-refractivity contribution in [3.8, 4) is 0 Å².